The average molecular weight is 462 g/mol. The van der Waals surface area contributed by atoms with E-state index in [1.807, 2.05) is 67.8 Å². The van der Waals surface area contributed by atoms with Crippen LogP contribution < -0.4 is 10.9 Å². The number of carbonyl (C=O) groups excluding carboxylic acids is 1. The van der Waals surface area contributed by atoms with Crippen LogP contribution in [0.2, 0.25) is 0 Å². The molecule has 32 heavy (non-hydrogen) atoms. The first-order chi connectivity index (χ1) is 15.5. The third kappa shape index (κ3) is 4.54. The van der Waals surface area contributed by atoms with Crippen molar-refractivity contribution in [1.29, 1.82) is 0 Å². The van der Waals surface area contributed by atoms with E-state index in [9.17, 15) is 9.59 Å². The highest BCUT2D eigenvalue weighted by molar-refractivity contribution is 7.99. The van der Waals surface area contributed by atoms with Gasteiger partial charge in [0, 0.05) is 23.2 Å². The summed E-state index contributed by atoms with van der Waals surface area (Å²) in [5.74, 6) is 0.0110. The number of thioether (sulfide) groups is 1. The van der Waals surface area contributed by atoms with Crippen LogP contribution in [0.4, 0.5) is 5.69 Å². The molecule has 1 amide bonds. The lowest BCUT2D eigenvalue weighted by atomic mass is 10.1. The number of aryl methyl sites for hydroxylation is 2. The Morgan fingerprint density at radius 2 is 2.00 bits per heavy atom. The molecule has 0 unspecified atom stereocenters. The highest BCUT2D eigenvalue weighted by Gasteiger charge is 2.18. The number of fused-ring (bicyclic) bond motifs is 1. The second kappa shape index (κ2) is 9.54. The largest absolute Gasteiger partial charge is 0.325 e. The maximum atomic E-state index is 13.4. The molecule has 0 bridgehead atoms. The van der Waals surface area contributed by atoms with Gasteiger partial charge in [0.25, 0.3) is 5.56 Å². The molecule has 7 heteroatoms. The van der Waals surface area contributed by atoms with E-state index in [1.165, 1.54) is 23.1 Å². The number of hydrogen-bond acceptors (Lipinski definition) is 5. The van der Waals surface area contributed by atoms with Crippen LogP contribution in [-0.2, 0) is 11.3 Å². The summed E-state index contributed by atoms with van der Waals surface area (Å²) in [6.07, 6.45) is 1.67. The second-order valence-electron chi connectivity index (χ2n) is 7.45. The van der Waals surface area contributed by atoms with E-state index in [0.29, 0.717) is 21.9 Å². The molecule has 0 radical (unpaired) electrons. The number of aromatic nitrogens is 2. The summed E-state index contributed by atoms with van der Waals surface area (Å²) in [6.45, 7) is 8.09. The van der Waals surface area contributed by atoms with E-state index in [-0.39, 0.29) is 17.2 Å². The van der Waals surface area contributed by atoms with Crippen molar-refractivity contribution >= 4 is 44.9 Å². The maximum Gasteiger partial charge on any atom is 0.263 e. The number of rotatable bonds is 7. The monoisotopic (exact) mass is 461 g/mol. The van der Waals surface area contributed by atoms with Crippen LogP contribution in [0.5, 0.6) is 0 Å². The molecule has 5 nitrogen and oxygen atoms in total. The van der Waals surface area contributed by atoms with Crippen LogP contribution in [0.3, 0.4) is 0 Å². The van der Waals surface area contributed by atoms with Crippen molar-refractivity contribution in [3.05, 3.63) is 88.0 Å². The first-order valence-corrected chi connectivity index (χ1v) is 12.0. The third-order valence-electron chi connectivity index (χ3n) is 5.04. The minimum absolute atomic E-state index is 0.118. The van der Waals surface area contributed by atoms with Crippen molar-refractivity contribution in [3.63, 3.8) is 0 Å². The topological polar surface area (TPSA) is 64.0 Å². The Morgan fingerprint density at radius 1 is 1.22 bits per heavy atom. The molecule has 2 aromatic heterocycles. The van der Waals surface area contributed by atoms with Crippen molar-refractivity contribution in [2.24, 2.45) is 0 Å². The number of carbonyl (C=O) groups is 1. The Hall–Kier alpha value is -3.16. The Morgan fingerprint density at radius 3 is 2.72 bits per heavy atom. The first-order valence-electron chi connectivity index (χ1n) is 10.2. The lowest BCUT2D eigenvalue weighted by Gasteiger charge is -2.12. The van der Waals surface area contributed by atoms with E-state index < -0.39 is 0 Å². The fourth-order valence-corrected chi connectivity index (χ4v) is 5.30. The predicted molar refractivity (Wildman–Crippen MR) is 135 cm³/mol. The van der Waals surface area contributed by atoms with Gasteiger partial charge in [-0.15, -0.1) is 17.9 Å². The molecule has 0 saturated heterocycles. The van der Waals surface area contributed by atoms with Gasteiger partial charge in [-0.25, -0.2) is 4.98 Å². The van der Waals surface area contributed by atoms with E-state index in [0.717, 1.165) is 27.9 Å². The van der Waals surface area contributed by atoms with Crippen molar-refractivity contribution in [1.82, 2.24) is 9.55 Å². The standard InChI is InChI=1S/C25H23N3O2S2/c1-4-12-28-24(30)22-19(18-8-6-5-7-9-18)14-31-23(22)27-25(28)32-15-21(29)26-20-11-10-16(2)13-17(20)3/h4-11,13-14H,1,12,15H2,2-3H3,(H,26,29). The van der Waals surface area contributed by atoms with Crippen molar-refractivity contribution in [2.75, 3.05) is 11.1 Å². The summed E-state index contributed by atoms with van der Waals surface area (Å²) in [7, 11) is 0. The number of nitrogens with zero attached hydrogens (tertiary/aromatic N) is 2. The maximum absolute atomic E-state index is 13.4. The molecular formula is C25H23N3O2S2. The number of thiophene rings is 1. The second-order valence-corrected chi connectivity index (χ2v) is 9.25. The minimum Gasteiger partial charge on any atom is -0.325 e. The highest BCUT2D eigenvalue weighted by Crippen LogP contribution is 2.32. The van der Waals surface area contributed by atoms with E-state index in [4.69, 9.17) is 4.98 Å². The molecule has 0 spiro atoms. The van der Waals surface area contributed by atoms with Gasteiger partial charge in [0.1, 0.15) is 4.83 Å². The van der Waals surface area contributed by atoms with Gasteiger partial charge in [0.2, 0.25) is 5.91 Å². The van der Waals surface area contributed by atoms with Gasteiger partial charge in [-0.3, -0.25) is 14.2 Å². The molecule has 0 aliphatic rings. The van der Waals surface area contributed by atoms with Gasteiger partial charge in [0.15, 0.2) is 5.16 Å². The van der Waals surface area contributed by atoms with Crippen LogP contribution in [-0.4, -0.2) is 21.2 Å². The Labute approximate surface area is 194 Å². The fourth-order valence-electron chi connectivity index (χ4n) is 3.51. The lowest BCUT2D eigenvalue weighted by Crippen LogP contribution is -2.23. The number of amides is 1. The van der Waals surface area contributed by atoms with Crippen molar-refractivity contribution in [2.45, 2.75) is 25.5 Å². The molecule has 0 aliphatic heterocycles. The quantitative estimate of drug-likeness (QED) is 0.219. The van der Waals surface area contributed by atoms with Gasteiger partial charge >= 0.3 is 0 Å². The van der Waals surface area contributed by atoms with Crippen molar-refractivity contribution < 1.29 is 4.79 Å². The van der Waals surface area contributed by atoms with Crippen molar-refractivity contribution in [3.8, 4) is 11.1 Å². The number of benzene rings is 2. The molecule has 4 rings (SSSR count). The molecule has 2 aromatic carbocycles. The fraction of sp³-hybridized carbons (Fsp3) is 0.160. The highest BCUT2D eigenvalue weighted by atomic mass is 32.2. The van der Waals surface area contributed by atoms with Gasteiger partial charge < -0.3 is 5.32 Å². The van der Waals surface area contributed by atoms with E-state index in [1.54, 1.807) is 10.6 Å². The molecule has 2 heterocycles. The summed E-state index contributed by atoms with van der Waals surface area (Å²) in [4.78, 5) is 31.3. The minimum atomic E-state index is -0.141. The van der Waals surface area contributed by atoms with Gasteiger partial charge in [-0.05, 0) is 31.0 Å². The summed E-state index contributed by atoms with van der Waals surface area (Å²) in [5, 5.41) is 6.03. The van der Waals surface area contributed by atoms with Gasteiger partial charge in [-0.2, -0.15) is 0 Å². The van der Waals surface area contributed by atoms with E-state index in [2.05, 4.69) is 11.9 Å². The lowest BCUT2D eigenvalue weighted by molar-refractivity contribution is -0.113. The zero-order valence-electron chi connectivity index (χ0n) is 17.9. The molecule has 0 atom stereocenters. The summed E-state index contributed by atoms with van der Waals surface area (Å²) >= 11 is 2.70. The summed E-state index contributed by atoms with van der Waals surface area (Å²) in [6, 6.07) is 15.7. The normalized spacial score (nSPS) is 10.9. The molecular weight excluding hydrogens is 438 g/mol. The van der Waals surface area contributed by atoms with Crippen LogP contribution in [0, 0.1) is 13.8 Å². The molecule has 4 aromatic rings. The Kier molecular flexibility index (Phi) is 6.58. The Balaban J connectivity index is 1.62. The average Bonchev–Trinajstić information content (AvgIpc) is 3.21. The molecule has 1 N–H and O–H groups in total. The molecule has 0 saturated carbocycles. The zero-order chi connectivity index (χ0) is 22.7. The van der Waals surface area contributed by atoms with Gasteiger partial charge in [0.05, 0.1) is 11.1 Å². The van der Waals surface area contributed by atoms with Crippen LogP contribution in [0.1, 0.15) is 11.1 Å². The number of nitrogens with one attached hydrogen (secondary N) is 1. The van der Waals surface area contributed by atoms with E-state index >= 15 is 0 Å². The summed E-state index contributed by atoms with van der Waals surface area (Å²) in [5.41, 5.74) is 4.69. The smallest absolute Gasteiger partial charge is 0.263 e. The predicted octanol–water partition coefficient (Wildman–Crippen LogP) is 5.66. The summed E-state index contributed by atoms with van der Waals surface area (Å²) < 4.78 is 1.59. The number of allylic oxidation sites excluding steroid dienone is 1. The van der Waals surface area contributed by atoms with Crippen LogP contribution >= 0.6 is 23.1 Å². The zero-order valence-corrected chi connectivity index (χ0v) is 19.6. The molecule has 0 fully saturated rings. The molecule has 162 valence electrons. The third-order valence-corrected chi connectivity index (χ3v) is 6.89. The number of anilines is 1. The first kappa shape index (κ1) is 22.0. The number of hydrogen-bond donors (Lipinski definition) is 1. The van der Waals surface area contributed by atoms with Crippen LogP contribution in [0.25, 0.3) is 21.3 Å². The van der Waals surface area contributed by atoms with Gasteiger partial charge in [-0.1, -0.05) is 65.9 Å². The SMILES string of the molecule is C=CCn1c(SCC(=O)Nc2ccc(C)cc2C)nc2scc(-c3ccccc3)c2c1=O. The molecule has 0 aliphatic carbocycles. The van der Waals surface area contributed by atoms with Crippen LogP contribution in [0.15, 0.2) is 76.5 Å². The Bertz CT molecular complexity index is 1360.